The second kappa shape index (κ2) is 16.5. The van der Waals surface area contributed by atoms with Gasteiger partial charge >= 0.3 is 0 Å². The van der Waals surface area contributed by atoms with E-state index >= 15 is 0 Å². The van der Waals surface area contributed by atoms with Gasteiger partial charge in [0, 0.05) is 68.6 Å². The summed E-state index contributed by atoms with van der Waals surface area (Å²) in [5, 5.41) is 0. The Hall–Kier alpha value is -7.04. The predicted molar refractivity (Wildman–Crippen MR) is 239 cm³/mol. The van der Waals surface area contributed by atoms with E-state index in [9.17, 15) is 0 Å². The normalized spacial score (nSPS) is 10.9. The molecule has 56 heavy (non-hydrogen) atoms. The summed E-state index contributed by atoms with van der Waals surface area (Å²) in [6.07, 6.45) is 0. The molecule has 0 fully saturated rings. The van der Waals surface area contributed by atoms with Gasteiger partial charge in [-0.3, -0.25) is 0 Å². The van der Waals surface area contributed by atoms with Gasteiger partial charge in [0.25, 0.3) is 0 Å². The fourth-order valence-electron chi connectivity index (χ4n) is 7.36. The lowest BCUT2D eigenvalue weighted by atomic mass is 10.1. The first-order valence-corrected chi connectivity index (χ1v) is 19.3. The number of hydrogen-bond donors (Lipinski definition) is 0. The van der Waals surface area contributed by atoms with Gasteiger partial charge in [-0.25, -0.2) is 0 Å². The number of anilines is 11. The summed E-state index contributed by atoms with van der Waals surface area (Å²) in [5.41, 5.74) is 13.4. The molecule has 0 bridgehead atoms. The molecule has 0 N–H and O–H groups in total. The van der Waals surface area contributed by atoms with E-state index in [2.05, 4.69) is 259 Å². The van der Waals surface area contributed by atoms with Crippen LogP contribution in [0.15, 0.2) is 218 Å². The van der Waals surface area contributed by atoms with Crippen LogP contribution in [0.3, 0.4) is 0 Å². The average molecular weight is 727 g/mol. The molecule has 0 saturated carbocycles. The number of benzene rings is 8. The number of nitrogens with zero attached hydrogens (tertiary/aromatic N) is 4. The summed E-state index contributed by atoms with van der Waals surface area (Å²) < 4.78 is 0. The minimum atomic E-state index is 0.306. The van der Waals surface area contributed by atoms with Gasteiger partial charge in [-0.05, 0) is 154 Å². The Kier molecular flexibility index (Phi) is 10.6. The van der Waals surface area contributed by atoms with Crippen LogP contribution in [0.25, 0.3) is 0 Å². The van der Waals surface area contributed by atoms with Gasteiger partial charge in [0.15, 0.2) is 0 Å². The molecule has 0 spiro atoms. The van der Waals surface area contributed by atoms with Crippen molar-refractivity contribution >= 4 is 62.6 Å². The van der Waals surface area contributed by atoms with E-state index in [-0.39, 0.29) is 0 Å². The van der Waals surface area contributed by atoms with Gasteiger partial charge in [-0.2, -0.15) is 0 Å². The largest absolute Gasteiger partial charge is 0.339 e. The molecule has 8 aromatic carbocycles. The van der Waals surface area contributed by atoms with Crippen molar-refractivity contribution in [3.63, 3.8) is 0 Å². The Bertz CT molecular complexity index is 2410. The molecule has 0 amide bonds. The second-order valence-electron chi connectivity index (χ2n) is 14.2. The Morgan fingerprint density at radius 1 is 0.250 bits per heavy atom. The van der Waals surface area contributed by atoms with Crippen molar-refractivity contribution in [2.24, 2.45) is 0 Å². The molecule has 0 radical (unpaired) electrons. The summed E-state index contributed by atoms with van der Waals surface area (Å²) in [5.74, 6) is 0. The minimum absolute atomic E-state index is 0.306. The molecular formula is C52H46N4. The van der Waals surface area contributed by atoms with Crippen molar-refractivity contribution in [1.82, 2.24) is 0 Å². The molecule has 274 valence electrons. The van der Waals surface area contributed by atoms with Crippen molar-refractivity contribution in [1.29, 1.82) is 0 Å². The van der Waals surface area contributed by atoms with Crippen molar-refractivity contribution in [2.45, 2.75) is 26.8 Å². The molecule has 0 aliphatic rings. The minimum Gasteiger partial charge on any atom is -0.339 e. The quantitative estimate of drug-likeness (QED) is 0.124. The van der Waals surface area contributed by atoms with Crippen molar-refractivity contribution in [3.05, 3.63) is 224 Å². The standard InChI is InChI=1S/C52H46N4/c1-40(2)53(42-16-8-4-9-17-42)46-28-30-48(31-29-46)55(44-20-12-6-13-21-44)50-36-38-52(39-37-50)56(45-22-14-7-15-23-45)51-34-32-49(33-35-51)54(43-18-10-5-11-19-43)47-26-24-41(3)25-27-47/h4-40H,1-3H3. The smallest absolute Gasteiger partial charge is 0.0463 e. The van der Waals surface area contributed by atoms with Crippen LogP contribution < -0.4 is 19.6 Å². The third-order valence-corrected chi connectivity index (χ3v) is 10.0. The Labute approximate surface area is 331 Å². The molecule has 4 nitrogen and oxygen atoms in total. The summed E-state index contributed by atoms with van der Waals surface area (Å²) in [7, 11) is 0. The van der Waals surface area contributed by atoms with Gasteiger partial charge in [-0.1, -0.05) is 90.5 Å². The molecule has 0 aliphatic carbocycles. The zero-order chi connectivity index (χ0) is 38.3. The highest BCUT2D eigenvalue weighted by Gasteiger charge is 2.19. The summed E-state index contributed by atoms with van der Waals surface area (Å²) >= 11 is 0. The monoisotopic (exact) mass is 726 g/mol. The van der Waals surface area contributed by atoms with E-state index in [0.29, 0.717) is 6.04 Å². The highest BCUT2D eigenvalue weighted by atomic mass is 15.2. The highest BCUT2D eigenvalue weighted by molar-refractivity contribution is 5.83. The van der Waals surface area contributed by atoms with Gasteiger partial charge in [0.05, 0.1) is 0 Å². The van der Waals surface area contributed by atoms with Crippen LogP contribution in [0.5, 0.6) is 0 Å². The Balaban J connectivity index is 1.14. The van der Waals surface area contributed by atoms with Crippen LogP contribution >= 0.6 is 0 Å². The molecule has 0 aromatic heterocycles. The van der Waals surface area contributed by atoms with Gasteiger partial charge in [0.1, 0.15) is 0 Å². The molecule has 0 atom stereocenters. The molecule has 0 unspecified atom stereocenters. The lowest BCUT2D eigenvalue weighted by Crippen LogP contribution is -2.25. The fraction of sp³-hybridized carbons (Fsp3) is 0.0769. The molecule has 0 aliphatic heterocycles. The van der Waals surface area contributed by atoms with Crippen molar-refractivity contribution in [2.75, 3.05) is 19.6 Å². The third kappa shape index (κ3) is 7.77. The first-order chi connectivity index (χ1) is 27.5. The molecule has 0 saturated heterocycles. The maximum Gasteiger partial charge on any atom is 0.0463 e. The maximum absolute atomic E-state index is 2.37. The van der Waals surface area contributed by atoms with E-state index in [1.54, 1.807) is 0 Å². The van der Waals surface area contributed by atoms with Gasteiger partial charge < -0.3 is 19.6 Å². The van der Waals surface area contributed by atoms with Crippen LogP contribution in [-0.2, 0) is 0 Å². The van der Waals surface area contributed by atoms with Crippen molar-refractivity contribution < 1.29 is 0 Å². The Morgan fingerprint density at radius 3 is 0.714 bits per heavy atom. The Morgan fingerprint density at radius 2 is 0.446 bits per heavy atom. The topological polar surface area (TPSA) is 13.0 Å². The SMILES string of the molecule is Cc1ccc(N(c2ccccc2)c2ccc(N(c3ccccc3)c3ccc(N(c4ccccc4)c4ccc(N(c5ccccc5)C(C)C)cc4)cc3)cc2)cc1. The lowest BCUT2D eigenvalue weighted by Gasteiger charge is -2.31. The van der Waals surface area contributed by atoms with E-state index < -0.39 is 0 Å². The van der Waals surface area contributed by atoms with E-state index in [4.69, 9.17) is 0 Å². The van der Waals surface area contributed by atoms with E-state index in [0.717, 1.165) is 56.9 Å². The molecule has 0 heterocycles. The summed E-state index contributed by atoms with van der Waals surface area (Å²) in [6.45, 7) is 6.59. The van der Waals surface area contributed by atoms with E-state index in [1.165, 1.54) is 11.3 Å². The second-order valence-corrected chi connectivity index (χ2v) is 14.2. The fourth-order valence-corrected chi connectivity index (χ4v) is 7.36. The van der Waals surface area contributed by atoms with Gasteiger partial charge in [0.2, 0.25) is 0 Å². The van der Waals surface area contributed by atoms with Crippen LogP contribution in [0.2, 0.25) is 0 Å². The maximum atomic E-state index is 2.37. The zero-order valence-corrected chi connectivity index (χ0v) is 32.2. The average Bonchev–Trinajstić information content (AvgIpc) is 3.25. The van der Waals surface area contributed by atoms with Crippen LogP contribution in [0.4, 0.5) is 62.6 Å². The predicted octanol–water partition coefficient (Wildman–Crippen LogP) is 15.0. The lowest BCUT2D eigenvalue weighted by molar-refractivity contribution is 0.789. The third-order valence-electron chi connectivity index (χ3n) is 10.0. The number of para-hydroxylation sites is 4. The molecule has 8 aromatic rings. The molecule has 4 heteroatoms. The van der Waals surface area contributed by atoms with E-state index in [1.807, 2.05) is 0 Å². The van der Waals surface area contributed by atoms with Crippen LogP contribution in [0, 0.1) is 6.92 Å². The van der Waals surface area contributed by atoms with Crippen LogP contribution in [0.1, 0.15) is 19.4 Å². The first-order valence-electron chi connectivity index (χ1n) is 19.3. The number of hydrogen-bond acceptors (Lipinski definition) is 4. The zero-order valence-electron chi connectivity index (χ0n) is 32.2. The number of aryl methyl sites for hydroxylation is 1. The van der Waals surface area contributed by atoms with Gasteiger partial charge in [-0.15, -0.1) is 0 Å². The van der Waals surface area contributed by atoms with Crippen LogP contribution in [-0.4, -0.2) is 6.04 Å². The first kappa shape index (κ1) is 36.0. The molecule has 8 rings (SSSR count). The highest BCUT2D eigenvalue weighted by Crippen LogP contribution is 2.41. The summed E-state index contributed by atoms with van der Waals surface area (Å²) in [4.78, 5) is 9.31. The van der Waals surface area contributed by atoms with Crippen molar-refractivity contribution in [3.8, 4) is 0 Å². The molecular weight excluding hydrogens is 681 g/mol. The summed E-state index contributed by atoms with van der Waals surface area (Å²) in [6, 6.07) is 78.0. The number of rotatable bonds is 12.